The normalized spacial score (nSPS) is 11.7. The van der Waals surface area contributed by atoms with Gasteiger partial charge in [-0.3, -0.25) is 5.10 Å². The minimum Gasteiger partial charge on any atom is -0.507 e. The van der Waals surface area contributed by atoms with E-state index in [1.165, 1.54) is 24.4 Å². The van der Waals surface area contributed by atoms with Gasteiger partial charge in [-0.1, -0.05) is 0 Å². The Bertz CT molecular complexity index is 1360. The minimum absolute atomic E-state index is 0.00843. The maximum atomic E-state index is 13.7. The van der Waals surface area contributed by atoms with Crippen molar-refractivity contribution in [2.24, 2.45) is 0 Å². The number of phenolic OH excluding ortho intramolecular Hbond substituents is 1. The van der Waals surface area contributed by atoms with E-state index in [1.807, 2.05) is 0 Å². The van der Waals surface area contributed by atoms with Crippen molar-refractivity contribution < 1.29 is 27.0 Å². The summed E-state index contributed by atoms with van der Waals surface area (Å²) in [5, 5.41) is 17.2. The van der Waals surface area contributed by atoms with Gasteiger partial charge in [0.1, 0.15) is 17.3 Å². The average Bonchev–Trinajstić information content (AvgIpc) is 3.06. The Morgan fingerprint density at radius 2 is 1.93 bits per heavy atom. The monoisotopic (exact) mass is 418 g/mol. The van der Waals surface area contributed by atoms with E-state index < -0.39 is 21.5 Å². The van der Waals surface area contributed by atoms with Gasteiger partial charge in [0, 0.05) is 24.1 Å². The number of aromatic hydroxyl groups is 1. The number of H-pyrrole nitrogens is 1. The average molecular weight is 418 g/mol. The first kappa shape index (κ1) is 18.7. The maximum absolute atomic E-state index is 13.7. The fraction of sp³-hybridized carbons (Fsp3) is 0.0556. The number of fused-ring (bicyclic) bond motifs is 1. The number of rotatable bonds is 4. The summed E-state index contributed by atoms with van der Waals surface area (Å²) in [6.07, 6.45) is 2.37. The molecule has 0 aliphatic heterocycles. The molecule has 4 rings (SSSR count). The summed E-state index contributed by atoms with van der Waals surface area (Å²) in [4.78, 5) is 8.05. The third-order valence-electron chi connectivity index (χ3n) is 4.04. The van der Waals surface area contributed by atoms with Crippen LogP contribution in [0.3, 0.4) is 0 Å². The van der Waals surface area contributed by atoms with Crippen LogP contribution in [0.4, 0.5) is 8.78 Å². The molecule has 0 unspecified atom stereocenters. The number of nitrogens with zero attached hydrogens (tertiary/aromatic N) is 3. The molecule has 0 amide bonds. The molecule has 2 N–H and O–H groups in total. The van der Waals surface area contributed by atoms with Crippen LogP contribution in [0, 0.1) is 11.6 Å². The largest absolute Gasteiger partial charge is 0.507 e. The van der Waals surface area contributed by atoms with Crippen molar-refractivity contribution in [3.63, 3.8) is 0 Å². The van der Waals surface area contributed by atoms with Crippen LogP contribution >= 0.6 is 0 Å². The Labute approximate surface area is 162 Å². The smallest absolute Gasteiger partial charge is 0.324 e. The lowest BCUT2D eigenvalue weighted by Crippen LogP contribution is -1.97. The van der Waals surface area contributed by atoms with Crippen molar-refractivity contribution in [3.8, 4) is 28.8 Å². The van der Waals surface area contributed by atoms with E-state index in [2.05, 4.69) is 20.2 Å². The Kier molecular flexibility index (Phi) is 4.38. The number of hydrogen-bond acceptors (Lipinski definition) is 7. The summed E-state index contributed by atoms with van der Waals surface area (Å²) < 4.78 is 55.5. The van der Waals surface area contributed by atoms with Gasteiger partial charge in [-0.15, -0.1) is 0 Å². The summed E-state index contributed by atoms with van der Waals surface area (Å²) in [6, 6.07) is 6.41. The van der Waals surface area contributed by atoms with Crippen molar-refractivity contribution >= 4 is 20.9 Å². The van der Waals surface area contributed by atoms with E-state index in [4.69, 9.17) is 4.74 Å². The first-order chi connectivity index (χ1) is 13.7. The second kappa shape index (κ2) is 6.78. The molecule has 0 aliphatic carbocycles. The SMILES string of the molecule is CS(=O)(=O)c1ccc(O)c(-c2n[nH]c3nc(Oc4ccc(F)cc4F)ncc23)c1. The number of ether oxygens (including phenoxy) is 1. The second-order valence-electron chi connectivity index (χ2n) is 6.11. The van der Waals surface area contributed by atoms with Crippen molar-refractivity contribution in [1.29, 1.82) is 0 Å². The highest BCUT2D eigenvalue weighted by Crippen LogP contribution is 2.34. The Balaban J connectivity index is 1.74. The molecule has 0 saturated heterocycles. The highest BCUT2D eigenvalue weighted by atomic mass is 32.2. The van der Waals surface area contributed by atoms with Crippen molar-refractivity contribution in [2.45, 2.75) is 4.90 Å². The third-order valence-corrected chi connectivity index (χ3v) is 5.15. The molecule has 0 fully saturated rings. The van der Waals surface area contributed by atoms with Crippen LogP contribution in [0.5, 0.6) is 17.5 Å². The molecule has 4 aromatic rings. The van der Waals surface area contributed by atoms with Crippen LogP contribution < -0.4 is 4.74 Å². The van der Waals surface area contributed by atoms with E-state index in [0.717, 1.165) is 18.4 Å². The Hall–Kier alpha value is -3.60. The molecule has 0 radical (unpaired) electrons. The summed E-state index contributed by atoms with van der Waals surface area (Å²) in [5.41, 5.74) is 0.597. The molecule has 0 aliphatic rings. The number of benzene rings is 2. The van der Waals surface area contributed by atoms with Crippen LogP contribution in [-0.4, -0.2) is 39.9 Å². The maximum Gasteiger partial charge on any atom is 0.324 e. The number of aromatic nitrogens is 4. The molecular formula is C18H12F2N4O4S. The zero-order chi connectivity index (χ0) is 20.8. The molecule has 11 heteroatoms. The van der Waals surface area contributed by atoms with Crippen molar-refractivity contribution in [3.05, 3.63) is 54.2 Å². The van der Waals surface area contributed by atoms with Gasteiger partial charge in [-0.2, -0.15) is 10.1 Å². The summed E-state index contributed by atoms with van der Waals surface area (Å²) in [6.45, 7) is 0. The Morgan fingerprint density at radius 3 is 2.66 bits per heavy atom. The quantitative estimate of drug-likeness (QED) is 0.522. The molecule has 2 aromatic heterocycles. The molecule has 2 heterocycles. The molecule has 2 aromatic carbocycles. The van der Waals surface area contributed by atoms with E-state index in [1.54, 1.807) is 0 Å². The summed E-state index contributed by atoms with van der Waals surface area (Å²) >= 11 is 0. The lowest BCUT2D eigenvalue weighted by Gasteiger charge is -2.06. The molecule has 0 saturated carbocycles. The van der Waals surface area contributed by atoms with Crippen molar-refractivity contribution in [2.75, 3.05) is 6.26 Å². The van der Waals surface area contributed by atoms with Crippen molar-refractivity contribution in [1.82, 2.24) is 20.2 Å². The first-order valence-corrected chi connectivity index (χ1v) is 9.99. The molecule has 0 bridgehead atoms. The fourth-order valence-electron chi connectivity index (χ4n) is 2.64. The molecule has 29 heavy (non-hydrogen) atoms. The second-order valence-corrected chi connectivity index (χ2v) is 8.13. The Morgan fingerprint density at radius 1 is 1.14 bits per heavy atom. The highest BCUT2D eigenvalue weighted by Gasteiger charge is 2.18. The van der Waals surface area contributed by atoms with Crippen LogP contribution in [0.2, 0.25) is 0 Å². The minimum atomic E-state index is -3.50. The zero-order valence-corrected chi connectivity index (χ0v) is 15.5. The van der Waals surface area contributed by atoms with Gasteiger partial charge < -0.3 is 9.84 Å². The van der Waals surface area contributed by atoms with Crippen LogP contribution in [0.25, 0.3) is 22.3 Å². The summed E-state index contributed by atoms with van der Waals surface area (Å²) in [7, 11) is -3.50. The third kappa shape index (κ3) is 3.59. The highest BCUT2D eigenvalue weighted by molar-refractivity contribution is 7.90. The molecule has 0 atom stereocenters. The number of sulfone groups is 1. The van der Waals surface area contributed by atoms with E-state index >= 15 is 0 Å². The van der Waals surface area contributed by atoms with Crippen LogP contribution in [0.1, 0.15) is 0 Å². The van der Waals surface area contributed by atoms with Gasteiger partial charge in [0.05, 0.1) is 10.3 Å². The topological polar surface area (TPSA) is 118 Å². The number of nitrogens with one attached hydrogen (secondary N) is 1. The number of hydrogen-bond donors (Lipinski definition) is 2. The van der Waals surface area contributed by atoms with Gasteiger partial charge in [0.15, 0.2) is 27.1 Å². The predicted molar refractivity (Wildman–Crippen MR) is 98.3 cm³/mol. The molecular weight excluding hydrogens is 406 g/mol. The lowest BCUT2D eigenvalue weighted by atomic mass is 10.1. The van der Waals surface area contributed by atoms with Crippen LogP contribution in [-0.2, 0) is 9.84 Å². The summed E-state index contributed by atoms with van der Waals surface area (Å²) in [5.74, 6) is -2.11. The first-order valence-electron chi connectivity index (χ1n) is 8.10. The zero-order valence-electron chi connectivity index (χ0n) is 14.7. The van der Waals surface area contributed by atoms with E-state index in [0.29, 0.717) is 11.5 Å². The molecule has 0 spiro atoms. The lowest BCUT2D eigenvalue weighted by molar-refractivity contribution is 0.409. The fourth-order valence-corrected chi connectivity index (χ4v) is 3.29. The predicted octanol–water partition coefficient (Wildman–Crippen LogP) is 3.20. The number of halogens is 2. The van der Waals surface area contributed by atoms with Gasteiger partial charge in [-0.25, -0.2) is 22.2 Å². The van der Waals surface area contributed by atoms with Crippen LogP contribution in [0.15, 0.2) is 47.5 Å². The van der Waals surface area contributed by atoms with Gasteiger partial charge in [0.25, 0.3) is 0 Å². The number of aromatic amines is 1. The van der Waals surface area contributed by atoms with Gasteiger partial charge in [0.2, 0.25) is 0 Å². The number of phenols is 1. The van der Waals surface area contributed by atoms with E-state index in [9.17, 15) is 22.3 Å². The van der Waals surface area contributed by atoms with Gasteiger partial charge >= 0.3 is 6.01 Å². The molecule has 148 valence electrons. The van der Waals surface area contributed by atoms with Gasteiger partial charge in [-0.05, 0) is 30.3 Å². The van der Waals surface area contributed by atoms with E-state index in [-0.39, 0.29) is 39.3 Å². The molecule has 8 nitrogen and oxygen atoms in total. The standard InChI is InChI=1S/C18H12F2N4O4S/c1-29(26,27)10-3-4-14(25)11(7-10)16-12-8-21-18(22-17(12)24-23-16)28-15-5-2-9(19)6-13(15)20/h2-8,25H,1H3,(H,21,22,23,24).